The van der Waals surface area contributed by atoms with Crippen LogP contribution < -0.4 is 4.74 Å². The summed E-state index contributed by atoms with van der Waals surface area (Å²) in [7, 11) is 0. The van der Waals surface area contributed by atoms with E-state index in [1.165, 1.54) is 12.1 Å². The zero-order valence-corrected chi connectivity index (χ0v) is 15.3. The summed E-state index contributed by atoms with van der Waals surface area (Å²) in [4.78, 5) is 16.3. The van der Waals surface area contributed by atoms with Gasteiger partial charge < -0.3 is 14.2 Å². The molecule has 5 nitrogen and oxygen atoms in total. The number of aromatic nitrogens is 1. The Morgan fingerprint density at radius 2 is 2.07 bits per heavy atom. The van der Waals surface area contributed by atoms with Crippen molar-refractivity contribution in [3.05, 3.63) is 58.9 Å². The molecule has 0 saturated heterocycles. The molecule has 0 unspecified atom stereocenters. The number of benzene rings is 1. The average molecular weight is 393 g/mol. The van der Waals surface area contributed by atoms with Crippen LogP contribution in [-0.2, 0) is 15.9 Å². The van der Waals surface area contributed by atoms with Gasteiger partial charge in [-0.15, -0.1) is 0 Å². The first-order chi connectivity index (χ1) is 13.4. The van der Waals surface area contributed by atoms with E-state index in [0.29, 0.717) is 17.5 Å². The molecule has 148 valence electrons. The van der Waals surface area contributed by atoms with Gasteiger partial charge in [-0.1, -0.05) is 12.1 Å². The van der Waals surface area contributed by atoms with Gasteiger partial charge in [0, 0.05) is 17.5 Å². The predicted octanol–water partition coefficient (Wildman–Crippen LogP) is 4.78. The van der Waals surface area contributed by atoms with Gasteiger partial charge in [-0.3, -0.25) is 0 Å². The van der Waals surface area contributed by atoms with E-state index in [0.717, 1.165) is 11.8 Å². The van der Waals surface area contributed by atoms with Crippen molar-refractivity contribution in [2.24, 2.45) is 0 Å². The predicted molar refractivity (Wildman–Crippen MR) is 94.4 cm³/mol. The van der Waals surface area contributed by atoms with Crippen molar-refractivity contribution in [1.29, 1.82) is 0 Å². The van der Waals surface area contributed by atoms with E-state index in [1.807, 2.05) is 0 Å². The molecular formula is C20H18F3NO4. The number of allylic oxidation sites excluding steroid dienone is 1. The molecule has 0 radical (unpaired) electrons. The Bertz CT molecular complexity index is 928. The van der Waals surface area contributed by atoms with Gasteiger partial charge in [0.1, 0.15) is 17.8 Å². The first-order valence-electron chi connectivity index (χ1n) is 8.67. The van der Waals surface area contributed by atoms with Crippen molar-refractivity contribution < 1.29 is 32.2 Å². The topological polar surface area (TPSA) is 57.7 Å². The molecule has 2 heterocycles. The van der Waals surface area contributed by atoms with Crippen LogP contribution in [0, 0.1) is 12.7 Å². The van der Waals surface area contributed by atoms with Crippen LogP contribution in [0.5, 0.6) is 5.88 Å². The summed E-state index contributed by atoms with van der Waals surface area (Å²) < 4.78 is 53.8. The number of rotatable bonds is 5. The van der Waals surface area contributed by atoms with Crippen molar-refractivity contribution >= 4 is 5.97 Å². The molecule has 8 heteroatoms. The smallest absolute Gasteiger partial charge is 0.387 e. The minimum Gasteiger partial charge on any atom is -0.461 e. The molecule has 0 bridgehead atoms. The molecular weight excluding hydrogens is 375 g/mol. The van der Waals surface area contributed by atoms with E-state index in [2.05, 4.69) is 9.72 Å². The molecule has 0 aliphatic carbocycles. The third-order valence-corrected chi connectivity index (χ3v) is 4.14. The Kier molecular flexibility index (Phi) is 5.87. The van der Waals surface area contributed by atoms with E-state index >= 15 is 0 Å². The second-order valence-corrected chi connectivity index (χ2v) is 6.13. The van der Waals surface area contributed by atoms with Crippen molar-refractivity contribution in [2.45, 2.75) is 33.3 Å². The second-order valence-electron chi connectivity index (χ2n) is 6.13. The zero-order chi connectivity index (χ0) is 20.3. The van der Waals surface area contributed by atoms with Gasteiger partial charge in [0.2, 0.25) is 5.88 Å². The lowest BCUT2D eigenvalue weighted by Crippen LogP contribution is -2.15. The van der Waals surface area contributed by atoms with Crippen LogP contribution >= 0.6 is 0 Å². The molecule has 0 N–H and O–H groups in total. The van der Waals surface area contributed by atoms with E-state index in [4.69, 9.17) is 9.47 Å². The highest BCUT2D eigenvalue weighted by Gasteiger charge is 2.25. The van der Waals surface area contributed by atoms with Crippen LogP contribution in [0.1, 0.15) is 35.0 Å². The molecule has 2 aromatic rings. The Balaban J connectivity index is 2.09. The average Bonchev–Trinajstić information content (AvgIpc) is 2.65. The molecule has 1 aromatic carbocycles. The summed E-state index contributed by atoms with van der Waals surface area (Å²) in [6, 6.07) is 6.21. The van der Waals surface area contributed by atoms with Crippen LogP contribution in [0.3, 0.4) is 0 Å². The van der Waals surface area contributed by atoms with Gasteiger partial charge in [-0.05, 0) is 43.5 Å². The van der Waals surface area contributed by atoms with E-state index in [1.54, 1.807) is 26.0 Å². The Morgan fingerprint density at radius 1 is 1.29 bits per heavy atom. The third kappa shape index (κ3) is 4.27. The van der Waals surface area contributed by atoms with Gasteiger partial charge in [0.15, 0.2) is 5.69 Å². The number of alkyl halides is 2. The maximum absolute atomic E-state index is 14.6. The summed E-state index contributed by atoms with van der Waals surface area (Å²) in [5.74, 6) is -0.972. The molecule has 0 atom stereocenters. The van der Waals surface area contributed by atoms with Crippen LogP contribution in [-0.4, -0.2) is 24.2 Å². The highest BCUT2D eigenvalue weighted by Crippen LogP contribution is 2.37. The Hall–Kier alpha value is -3.03. The first kappa shape index (κ1) is 19.7. The van der Waals surface area contributed by atoms with Crippen molar-refractivity contribution in [1.82, 2.24) is 4.98 Å². The number of carbonyl (C=O) groups is 1. The summed E-state index contributed by atoms with van der Waals surface area (Å²) in [6.07, 6.45) is 1.44. The van der Waals surface area contributed by atoms with Crippen LogP contribution in [0.25, 0.3) is 11.1 Å². The second kappa shape index (κ2) is 8.33. The summed E-state index contributed by atoms with van der Waals surface area (Å²) >= 11 is 0. The minimum atomic E-state index is -2.98. The van der Waals surface area contributed by atoms with Gasteiger partial charge in [0.05, 0.1) is 6.61 Å². The summed E-state index contributed by atoms with van der Waals surface area (Å²) in [5, 5.41) is 0. The molecule has 1 aromatic heterocycles. The van der Waals surface area contributed by atoms with Crippen molar-refractivity contribution in [3.8, 4) is 17.0 Å². The first-order valence-corrected chi connectivity index (χ1v) is 8.67. The maximum Gasteiger partial charge on any atom is 0.387 e. The van der Waals surface area contributed by atoms with Gasteiger partial charge >= 0.3 is 12.6 Å². The molecule has 1 aliphatic heterocycles. The van der Waals surface area contributed by atoms with Crippen LogP contribution in [0.4, 0.5) is 13.2 Å². The normalized spacial score (nSPS) is 14.6. The quantitative estimate of drug-likeness (QED) is 0.541. The molecule has 3 rings (SSSR count). The minimum absolute atomic E-state index is 0.0379. The standard InChI is InChI=1S/C20H18F3NO4/c1-3-26-19(25)17-9-15(13-6-4-11(2)8-16(13)21)14-7-5-12(10-27-20(22)23)28-18(14)24-17/h4,6,8-10,20H,3,5,7H2,1-2H3/b12-10+. The number of fused-ring (bicyclic) bond motifs is 1. The number of hydrogen-bond donors (Lipinski definition) is 0. The van der Waals surface area contributed by atoms with Gasteiger partial charge in [-0.25, -0.2) is 14.2 Å². The molecule has 0 spiro atoms. The van der Waals surface area contributed by atoms with Crippen molar-refractivity contribution in [3.63, 3.8) is 0 Å². The maximum atomic E-state index is 14.6. The van der Waals surface area contributed by atoms with Crippen molar-refractivity contribution in [2.75, 3.05) is 6.61 Å². The fourth-order valence-corrected chi connectivity index (χ4v) is 2.90. The van der Waals surface area contributed by atoms with Crippen LogP contribution in [0.15, 0.2) is 36.3 Å². The molecule has 1 aliphatic rings. The fraction of sp³-hybridized carbons (Fsp3) is 0.300. The van der Waals surface area contributed by atoms with Crippen LogP contribution in [0.2, 0.25) is 0 Å². The summed E-state index contributed by atoms with van der Waals surface area (Å²) in [5.41, 5.74) is 1.99. The number of hydrogen-bond acceptors (Lipinski definition) is 5. The molecule has 0 saturated carbocycles. The van der Waals surface area contributed by atoms with Gasteiger partial charge in [-0.2, -0.15) is 8.78 Å². The number of carbonyl (C=O) groups excluding carboxylic acids is 1. The van der Waals surface area contributed by atoms with Gasteiger partial charge in [0.25, 0.3) is 0 Å². The number of pyridine rings is 1. The SMILES string of the molecule is CCOC(=O)c1cc(-c2ccc(C)cc2F)c2c(n1)O/C(=C/OC(F)F)CC2. The zero-order valence-electron chi connectivity index (χ0n) is 15.3. The molecule has 28 heavy (non-hydrogen) atoms. The summed E-state index contributed by atoms with van der Waals surface area (Å²) in [6.45, 7) is 0.575. The number of aryl methyl sites for hydroxylation is 1. The Morgan fingerprint density at radius 3 is 2.75 bits per heavy atom. The third-order valence-electron chi connectivity index (χ3n) is 4.14. The largest absolute Gasteiger partial charge is 0.461 e. The number of esters is 1. The monoisotopic (exact) mass is 393 g/mol. The number of nitrogens with zero attached hydrogens (tertiary/aromatic N) is 1. The lowest BCUT2D eigenvalue weighted by Gasteiger charge is -2.22. The highest BCUT2D eigenvalue weighted by atomic mass is 19.3. The Labute approximate surface area is 159 Å². The fourth-order valence-electron chi connectivity index (χ4n) is 2.90. The highest BCUT2D eigenvalue weighted by molar-refractivity contribution is 5.90. The van der Waals surface area contributed by atoms with E-state index in [9.17, 15) is 18.0 Å². The van der Waals surface area contributed by atoms with E-state index < -0.39 is 18.4 Å². The molecule has 0 fully saturated rings. The number of halogens is 3. The number of ether oxygens (including phenoxy) is 3. The molecule has 0 amide bonds. The van der Waals surface area contributed by atoms with E-state index in [-0.39, 0.29) is 35.9 Å². The lowest BCUT2D eigenvalue weighted by atomic mass is 9.94. The lowest BCUT2D eigenvalue weighted by molar-refractivity contribution is -0.0856.